The van der Waals surface area contributed by atoms with Crippen molar-refractivity contribution in [2.75, 3.05) is 43.4 Å². The smallest absolute Gasteiger partial charge is 0.227 e. The number of aryl methyl sites for hydroxylation is 1. The van der Waals surface area contributed by atoms with Crippen molar-refractivity contribution in [1.29, 1.82) is 0 Å². The number of carbonyl (C=O) groups is 1. The van der Waals surface area contributed by atoms with Gasteiger partial charge in [0, 0.05) is 43.5 Å². The number of anilines is 3. The van der Waals surface area contributed by atoms with E-state index in [1.807, 2.05) is 12.1 Å². The second kappa shape index (κ2) is 9.07. The van der Waals surface area contributed by atoms with Crippen molar-refractivity contribution in [3.8, 4) is 0 Å². The van der Waals surface area contributed by atoms with Gasteiger partial charge in [0.05, 0.1) is 17.8 Å². The molecule has 1 aromatic carbocycles. The first kappa shape index (κ1) is 23.1. The highest BCUT2D eigenvalue weighted by atomic mass is 19.1. The Morgan fingerprint density at radius 3 is 2.61 bits per heavy atom. The minimum absolute atomic E-state index is 0. The van der Waals surface area contributed by atoms with Crippen molar-refractivity contribution < 1.29 is 9.18 Å². The monoisotopic (exact) mass is 453 g/mol. The molecule has 1 saturated heterocycles. The predicted molar refractivity (Wildman–Crippen MR) is 127 cm³/mol. The van der Waals surface area contributed by atoms with Crippen LogP contribution in [-0.4, -0.2) is 54.0 Å². The van der Waals surface area contributed by atoms with Crippen LogP contribution in [0.2, 0.25) is 0 Å². The van der Waals surface area contributed by atoms with Crippen molar-refractivity contribution in [1.82, 2.24) is 21.0 Å². The van der Waals surface area contributed by atoms with E-state index in [2.05, 4.69) is 57.3 Å². The van der Waals surface area contributed by atoms with Gasteiger partial charge in [-0.25, -0.2) is 14.4 Å². The summed E-state index contributed by atoms with van der Waals surface area (Å²) >= 11 is 0. The number of fused-ring (bicyclic) bond motifs is 2. The molecule has 0 spiro atoms. The van der Waals surface area contributed by atoms with E-state index in [4.69, 9.17) is 5.73 Å². The summed E-state index contributed by atoms with van der Waals surface area (Å²) < 4.78 is 14.7. The number of halogens is 1. The molecule has 1 amide bonds. The molecule has 0 radical (unpaired) electrons. The summed E-state index contributed by atoms with van der Waals surface area (Å²) in [5.41, 5.74) is 9.16. The largest absolute Gasteiger partial charge is 0.369 e. The van der Waals surface area contributed by atoms with Crippen molar-refractivity contribution in [3.05, 3.63) is 53.6 Å². The van der Waals surface area contributed by atoms with Gasteiger partial charge in [-0.2, -0.15) is 0 Å². The highest BCUT2D eigenvalue weighted by molar-refractivity contribution is 5.79. The van der Waals surface area contributed by atoms with E-state index in [1.165, 1.54) is 11.9 Å². The number of amides is 1. The summed E-state index contributed by atoms with van der Waals surface area (Å²) in [7, 11) is 2.15. The second-order valence-corrected chi connectivity index (χ2v) is 9.25. The van der Waals surface area contributed by atoms with Crippen molar-refractivity contribution in [3.63, 3.8) is 0 Å². The molecular formula is C24H32FN7O. The molecule has 2 aliphatic carbocycles. The highest BCUT2D eigenvalue weighted by Crippen LogP contribution is 2.52. The molecule has 2 fully saturated rings. The quantitative estimate of drug-likeness (QED) is 0.595. The number of hydrogen-bond acceptors (Lipinski definition) is 7. The van der Waals surface area contributed by atoms with Crippen molar-refractivity contribution >= 4 is 23.2 Å². The van der Waals surface area contributed by atoms with Crippen LogP contribution in [0.5, 0.6) is 0 Å². The molecule has 2 bridgehead atoms. The molecule has 33 heavy (non-hydrogen) atoms. The van der Waals surface area contributed by atoms with Gasteiger partial charge in [0.15, 0.2) is 5.82 Å². The van der Waals surface area contributed by atoms with E-state index in [1.54, 1.807) is 0 Å². The number of rotatable bonds is 5. The molecule has 3 aliphatic rings. The molecule has 5 rings (SSSR count). The Morgan fingerprint density at radius 1 is 1.18 bits per heavy atom. The number of benzene rings is 1. The van der Waals surface area contributed by atoms with E-state index in [0.717, 1.165) is 43.9 Å². The Bertz CT molecular complexity index is 1070. The molecule has 176 valence electrons. The first-order valence-corrected chi connectivity index (χ1v) is 11.2. The number of hydrogen-bond donors (Lipinski definition) is 3. The van der Waals surface area contributed by atoms with Gasteiger partial charge in [-0.1, -0.05) is 12.2 Å². The number of primary amides is 1. The normalized spacial score (nSPS) is 26.3. The van der Waals surface area contributed by atoms with Gasteiger partial charge in [-0.05, 0) is 56.0 Å². The van der Waals surface area contributed by atoms with Crippen LogP contribution < -0.4 is 22.1 Å². The molecule has 1 aromatic heterocycles. The number of aromatic nitrogens is 2. The Labute approximate surface area is 193 Å². The fourth-order valence-corrected chi connectivity index (χ4v) is 5.52. The third-order valence-electron chi connectivity index (χ3n) is 7.17. The second-order valence-electron chi connectivity index (χ2n) is 9.25. The Hall–Kier alpha value is -3.04. The molecule has 2 aromatic rings. The fourth-order valence-electron chi connectivity index (χ4n) is 5.52. The first-order valence-electron chi connectivity index (χ1n) is 11.2. The lowest BCUT2D eigenvalue weighted by Crippen LogP contribution is -2.44. The molecule has 1 saturated carbocycles. The van der Waals surface area contributed by atoms with Crippen LogP contribution in [0, 0.1) is 30.5 Å². The van der Waals surface area contributed by atoms with Crippen molar-refractivity contribution in [2.24, 2.45) is 23.5 Å². The molecule has 4 unspecified atom stereocenters. The first-order chi connectivity index (χ1) is 15.4. The maximum Gasteiger partial charge on any atom is 0.227 e. The van der Waals surface area contributed by atoms with Crippen molar-refractivity contribution in [2.45, 2.75) is 19.3 Å². The summed E-state index contributed by atoms with van der Waals surface area (Å²) in [6.45, 7) is 6.21. The zero-order valence-corrected chi connectivity index (χ0v) is 19.2. The summed E-state index contributed by atoms with van der Waals surface area (Å²) in [6, 6.07) is 6.17. The lowest BCUT2D eigenvalue weighted by molar-refractivity contribution is -0.123. The van der Waals surface area contributed by atoms with Gasteiger partial charge < -0.3 is 27.0 Å². The van der Waals surface area contributed by atoms with Gasteiger partial charge in [0.2, 0.25) is 11.9 Å². The number of piperazine rings is 1. The minimum Gasteiger partial charge on any atom is -0.369 e. The topological polar surface area (TPSA) is 122 Å². The van der Waals surface area contributed by atoms with E-state index >= 15 is 0 Å². The number of likely N-dealkylation sites (N-methyl/N-ethyl adjacent to an activating group) is 1. The van der Waals surface area contributed by atoms with Gasteiger partial charge in [-0.3, -0.25) is 4.79 Å². The zero-order valence-electron chi connectivity index (χ0n) is 19.2. The van der Waals surface area contributed by atoms with Crippen LogP contribution in [0.3, 0.4) is 0 Å². The highest BCUT2D eigenvalue weighted by Gasteiger charge is 2.49. The molecule has 4 atom stereocenters. The lowest BCUT2D eigenvalue weighted by atomic mass is 9.80. The number of nitrogens with two attached hydrogens (primary N) is 1. The van der Waals surface area contributed by atoms with Gasteiger partial charge >= 0.3 is 0 Å². The molecule has 6 N–H and O–H groups in total. The summed E-state index contributed by atoms with van der Waals surface area (Å²) in [5.74, 6) is -1.18. The standard InChI is InChI=1S/C24H29FN6O.H3N/c1-14-11-17(5-6-19(14)31-9-7-30(2)8-10-31)28-24-27-13-18(25)22(29-24)20-15-3-4-16(12-15)21(20)23(26)32;/h3-6,11,13,15-16,20-21H,7-10,12H2,1-2H3,(H2,26,32)(H,27,28,29);1H3. The lowest BCUT2D eigenvalue weighted by Gasteiger charge is -2.35. The predicted octanol–water partition coefficient (Wildman–Crippen LogP) is 2.97. The third-order valence-corrected chi connectivity index (χ3v) is 7.17. The SMILES string of the molecule is Cc1cc(Nc2ncc(F)c(C3C4C=CC(C4)C3C(N)=O)n2)ccc1N1CCN(C)CC1.N. The molecule has 1 aliphatic heterocycles. The van der Waals surface area contributed by atoms with E-state index in [-0.39, 0.29) is 29.6 Å². The Morgan fingerprint density at radius 2 is 1.91 bits per heavy atom. The summed E-state index contributed by atoms with van der Waals surface area (Å²) in [4.78, 5) is 25.5. The van der Waals surface area contributed by atoms with Crippen LogP contribution in [0.4, 0.5) is 21.7 Å². The Balaban J connectivity index is 0.00000259. The molecule has 2 heterocycles. The summed E-state index contributed by atoms with van der Waals surface area (Å²) in [5, 5.41) is 3.21. The average Bonchev–Trinajstić information content (AvgIpc) is 3.38. The number of nitrogens with zero attached hydrogens (tertiary/aromatic N) is 4. The number of nitrogens with one attached hydrogen (secondary N) is 1. The molecular weight excluding hydrogens is 421 g/mol. The Kier molecular flexibility index (Phi) is 6.36. The maximum absolute atomic E-state index is 14.7. The number of allylic oxidation sites excluding steroid dienone is 2. The zero-order chi connectivity index (χ0) is 22.4. The number of carbonyl (C=O) groups excluding carboxylic acids is 1. The van der Waals surface area contributed by atoms with Crippen LogP contribution in [-0.2, 0) is 4.79 Å². The van der Waals surface area contributed by atoms with Crippen LogP contribution >= 0.6 is 0 Å². The van der Waals surface area contributed by atoms with E-state index in [0.29, 0.717) is 5.95 Å². The molecule has 9 heteroatoms. The van der Waals surface area contributed by atoms with Crippen LogP contribution in [0.15, 0.2) is 36.5 Å². The van der Waals surface area contributed by atoms with Gasteiger partial charge in [0.25, 0.3) is 0 Å². The fraction of sp³-hybridized carbons (Fsp3) is 0.458. The van der Waals surface area contributed by atoms with E-state index in [9.17, 15) is 9.18 Å². The third kappa shape index (κ3) is 4.30. The minimum atomic E-state index is -0.491. The maximum atomic E-state index is 14.7. The van der Waals surface area contributed by atoms with Gasteiger partial charge in [0.1, 0.15) is 0 Å². The van der Waals surface area contributed by atoms with Crippen LogP contribution in [0.1, 0.15) is 23.6 Å². The summed E-state index contributed by atoms with van der Waals surface area (Å²) in [6.07, 6.45) is 6.09. The molecule has 8 nitrogen and oxygen atoms in total. The van der Waals surface area contributed by atoms with Crippen LogP contribution in [0.25, 0.3) is 0 Å². The average molecular weight is 454 g/mol. The van der Waals surface area contributed by atoms with E-state index < -0.39 is 17.6 Å². The van der Waals surface area contributed by atoms with Gasteiger partial charge in [-0.15, -0.1) is 0 Å².